The van der Waals surface area contributed by atoms with Crippen molar-refractivity contribution in [1.29, 1.82) is 0 Å². The maximum Gasteiger partial charge on any atom is 0.240 e. The Balaban J connectivity index is 1.51. The Morgan fingerprint density at radius 2 is 1.88 bits per heavy atom. The first-order valence-electron chi connectivity index (χ1n) is 9.46. The normalized spacial score (nSPS) is 24.5. The van der Waals surface area contributed by atoms with Gasteiger partial charge in [0.1, 0.15) is 0 Å². The Bertz CT molecular complexity index is 630. The third kappa shape index (κ3) is 4.89. The van der Waals surface area contributed by atoms with E-state index >= 15 is 0 Å². The number of benzene rings is 1. The summed E-state index contributed by atoms with van der Waals surface area (Å²) in [5.41, 5.74) is 1.39. The van der Waals surface area contributed by atoms with Crippen LogP contribution < -0.4 is 5.32 Å². The summed E-state index contributed by atoms with van der Waals surface area (Å²) >= 11 is 0. The average molecular weight is 342 g/mol. The van der Waals surface area contributed by atoms with Crippen molar-refractivity contribution in [1.82, 2.24) is 20.4 Å². The quantitative estimate of drug-likeness (QED) is 0.837. The molecule has 0 aliphatic carbocycles. The van der Waals surface area contributed by atoms with Crippen LogP contribution in [-0.4, -0.2) is 34.2 Å². The molecule has 1 aromatic carbocycles. The number of hydrogen-bond donors (Lipinski definition) is 1. The van der Waals surface area contributed by atoms with Gasteiger partial charge in [0, 0.05) is 32.1 Å². The number of nitrogens with zero attached hydrogens (tertiary/aromatic N) is 3. The summed E-state index contributed by atoms with van der Waals surface area (Å²) in [7, 11) is 0. The van der Waals surface area contributed by atoms with E-state index in [1.165, 1.54) is 5.56 Å². The van der Waals surface area contributed by atoms with Crippen molar-refractivity contribution in [3.8, 4) is 0 Å². The molecule has 136 valence electrons. The van der Waals surface area contributed by atoms with Crippen molar-refractivity contribution >= 4 is 0 Å². The summed E-state index contributed by atoms with van der Waals surface area (Å²) in [6.45, 7) is 10.7. The molecule has 0 bridgehead atoms. The summed E-state index contributed by atoms with van der Waals surface area (Å²) in [5.74, 6) is 2.70. The summed E-state index contributed by atoms with van der Waals surface area (Å²) < 4.78 is 5.34. The number of aromatic nitrogens is 2. The van der Waals surface area contributed by atoms with E-state index < -0.39 is 0 Å². The van der Waals surface area contributed by atoms with Crippen molar-refractivity contribution in [2.45, 2.75) is 52.7 Å². The molecular weight excluding hydrogens is 312 g/mol. The summed E-state index contributed by atoms with van der Waals surface area (Å²) in [6, 6.07) is 11.2. The van der Waals surface area contributed by atoms with Crippen molar-refractivity contribution < 1.29 is 4.52 Å². The second kappa shape index (κ2) is 8.59. The molecule has 3 atom stereocenters. The Morgan fingerprint density at radius 3 is 2.56 bits per heavy atom. The molecule has 5 nitrogen and oxygen atoms in total. The third-order valence-corrected chi connectivity index (χ3v) is 5.04. The molecule has 1 aromatic heterocycles. The molecule has 1 fully saturated rings. The van der Waals surface area contributed by atoms with Crippen LogP contribution in [0.1, 0.15) is 44.5 Å². The first kappa shape index (κ1) is 18.1. The molecule has 1 aliphatic heterocycles. The van der Waals surface area contributed by atoms with Crippen molar-refractivity contribution in [2.24, 2.45) is 11.8 Å². The monoisotopic (exact) mass is 342 g/mol. The number of hydrogen-bond acceptors (Lipinski definition) is 5. The second-order valence-electron chi connectivity index (χ2n) is 7.40. The van der Waals surface area contributed by atoms with Crippen LogP contribution in [0.25, 0.3) is 0 Å². The topological polar surface area (TPSA) is 54.2 Å². The van der Waals surface area contributed by atoms with Crippen LogP contribution >= 0.6 is 0 Å². The molecule has 5 heteroatoms. The van der Waals surface area contributed by atoms with E-state index in [2.05, 4.69) is 71.5 Å². The van der Waals surface area contributed by atoms with Crippen molar-refractivity contribution in [3.05, 3.63) is 47.6 Å². The van der Waals surface area contributed by atoms with E-state index in [1.54, 1.807) is 0 Å². The van der Waals surface area contributed by atoms with Crippen LogP contribution in [0.5, 0.6) is 0 Å². The van der Waals surface area contributed by atoms with Gasteiger partial charge in [0.05, 0.1) is 6.54 Å². The molecule has 2 aromatic rings. The van der Waals surface area contributed by atoms with Gasteiger partial charge in [-0.05, 0) is 23.8 Å². The van der Waals surface area contributed by atoms with Crippen molar-refractivity contribution in [3.63, 3.8) is 0 Å². The largest absolute Gasteiger partial charge is 0.338 e. The van der Waals surface area contributed by atoms with Crippen LogP contribution in [0.2, 0.25) is 0 Å². The summed E-state index contributed by atoms with van der Waals surface area (Å²) in [5, 5.41) is 7.69. The molecule has 1 aliphatic rings. The smallest absolute Gasteiger partial charge is 0.240 e. The lowest BCUT2D eigenvalue weighted by Crippen LogP contribution is -2.52. The average Bonchev–Trinajstić information content (AvgIpc) is 3.03. The highest BCUT2D eigenvalue weighted by Gasteiger charge is 2.31. The van der Waals surface area contributed by atoms with Crippen LogP contribution in [0, 0.1) is 11.8 Å². The molecule has 1 N–H and O–H groups in total. The Kier molecular flexibility index (Phi) is 6.21. The zero-order valence-electron chi connectivity index (χ0n) is 15.6. The van der Waals surface area contributed by atoms with Gasteiger partial charge < -0.3 is 9.84 Å². The predicted molar refractivity (Wildman–Crippen MR) is 99.0 cm³/mol. The van der Waals surface area contributed by atoms with E-state index in [0.29, 0.717) is 30.3 Å². The first-order valence-corrected chi connectivity index (χ1v) is 9.46. The van der Waals surface area contributed by atoms with E-state index in [4.69, 9.17) is 4.52 Å². The van der Waals surface area contributed by atoms with Gasteiger partial charge >= 0.3 is 0 Å². The molecule has 25 heavy (non-hydrogen) atoms. The Labute approximate surface area is 150 Å². The van der Waals surface area contributed by atoms with Gasteiger partial charge in [-0.1, -0.05) is 56.3 Å². The van der Waals surface area contributed by atoms with Gasteiger partial charge in [0.2, 0.25) is 5.89 Å². The van der Waals surface area contributed by atoms with E-state index in [9.17, 15) is 0 Å². The maximum atomic E-state index is 5.34. The highest BCUT2D eigenvalue weighted by Crippen LogP contribution is 2.24. The summed E-state index contributed by atoms with van der Waals surface area (Å²) in [6.07, 6.45) is 1.93. The lowest BCUT2D eigenvalue weighted by molar-refractivity contribution is 0.0923. The highest BCUT2D eigenvalue weighted by molar-refractivity contribution is 5.14. The molecule has 0 saturated carbocycles. The molecule has 1 saturated heterocycles. The van der Waals surface area contributed by atoms with E-state index in [0.717, 1.165) is 38.3 Å². The molecular formula is C20H30N4O. The predicted octanol–water partition coefficient (Wildman–Crippen LogP) is 3.27. The van der Waals surface area contributed by atoms with Gasteiger partial charge in [-0.2, -0.15) is 4.98 Å². The van der Waals surface area contributed by atoms with Gasteiger partial charge in [-0.3, -0.25) is 4.90 Å². The fourth-order valence-corrected chi connectivity index (χ4v) is 3.94. The van der Waals surface area contributed by atoms with Gasteiger partial charge in [-0.15, -0.1) is 0 Å². The molecule has 2 heterocycles. The second-order valence-corrected chi connectivity index (χ2v) is 7.40. The molecule has 0 amide bonds. The highest BCUT2D eigenvalue weighted by atomic mass is 16.5. The third-order valence-electron chi connectivity index (χ3n) is 5.04. The van der Waals surface area contributed by atoms with Crippen LogP contribution in [0.15, 0.2) is 34.9 Å². The fraction of sp³-hybridized carbons (Fsp3) is 0.600. The van der Waals surface area contributed by atoms with Crippen LogP contribution in [0.3, 0.4) is 0 Å². The van der Waals surface area contributed by atoms with E-state index in [1.807, 2.05) is 0 Å². The minimum absolute atomic E-state index is 0.480. The lowest BCUT2D eigenvalue weighted by Gasteiger charge is -2.41. The van der Waals surface area contributed by atoms with Gasteiger partial charge in [0.25, 0.3) is 0 Å². The van der Waals surface area contributed by atoms with Crippen LogP contribution in [-0.2, 0) is 19.5 Å². The Morgan fingerprint density at radius 1 is 1.16 bits per heavy atom. The standard InChI is InChI=1S/C20H30N4O/c1-4-8-18-22-19(25-23-18)11-21-20-15(2)12-24(13-16(20)3)14-17-9-6-5-7-10-17/h5-7,9-10,15-16,20-21H,4,8,11-14H2,1-3H3/t15-,16+,20?. The van der Waals surface area contributed by atoms with Crippen LogP contribution in [0.4, 0.5) is 0 Å². The zero-order chi connectivity index (χ0) is 17.6. The molecule has 0 spiro atoms. The molecule has 3 rings (SSSR count). The molecule has 1 unspecified atom stereocenters. The number of nitrogens with one attached hydrogen (secondary N) is 1. The minimum Gasteiger partial charge on any atom is -0.338 e. The number of likely N-dealkylation sites (tertiary alicyclic amines) is 1. The number of piperidine rings is 1. The van der Waals surface area contributed by atoms with Crippen molar-refractivity contribution in [2.75, 3.05) is 13.1 Å². The Hall–Kier alpha value is -1.72. The maximum absolute atomic E-state index is 5.34. The van der Waals surface area contributed by atoms with Gasteiger partial charge in [0.15, 0.2) is 5.82 Å². The minimum atomic E-state index is 0.480. The number of aryl methyl sites for hydroxylation is 1. The zero-order valence-corrected chi connectivity index (χ0v) is 15.6. The van der Waals surface area contributed by atoms with Gasteiger partial charge in [-0.25, -0.2) is 0 Å². The van der Waals surface area contributed by atoms with E-state index in [-0.39, 0.29) is 0 Å². The lowest BCUT2D eigenvalue weighted by atomic mass is 9.85. The molecule has 0 radical (unpaired) electrons. The summed E-state index contributed by atoms with van der Waals surface area (Å²) in [4.78, 5) is 7.02. The first-order chi connectivity index (χ1) is 12.2. The number of rotatable bonds is 7. The SMILES string of the molecule is CCCc1noc(CNC2[C@H](C)CN(Cc3ccccc3)C[C@@H]2C)n1. The fourth-order valence-electron chi connectivity index (χ4n) is 3.94.